The van der Waals surface area contributed by atoms with E-state index in [4.69, 9.17) is 0 Å². The molecule has 2 heterocycles. The zero-order chi connectivity index (χ0) is 18.1. The van der Waals surface area contributed by atoms with Crippen LogP contribution in [0.5, 0.6) is 0 Å². The number of carbonyl (C=O) groups excluding carboxylic acids is 1. The molecule has 140 valence electrons. The number of hydrogen-bond acceptors (Lipinski definition) is 4. The van der Waals surface area contributed by atoms with Gasteiger partial charge in [-0.2, -0.15) is 0 Å². The first kappa shape index (κ1) is 17.7. The summed E-state index contributed by atoms with van der Waals surface area (Å²) in [4.78, 5) is 31.9. The van der Waals surface area contributed by atoms with Gasteiger partial charge >= 0.3 is 0 Å². The summed E-state index contributed by atoms with van der Waals surface area (Å²) in [6.45, 7) is 3.06. The molecule has 2 aliphatic rings. The molecule has 1 N–H and O–H groups in total. The molecule has 0 bridgehead atoms. The Hall–Kier alpha value is -1.69. The van der Waals surface area contributed by atoms with Crippen molar-refractivity contribution in [2.75, 3.05) is 6.54 Å². The molecule has 26 heavy (non-hydrogen) atoms. The first-order chi connectivity index (χ1) is 12.6. The number of carbonyl (C=O) groups is 1. The molecular weight excluding hydrogens is 346 g/mol. The predicted molar refractivity (Wildman–Crippen MR) is 105 cm³/mol. The van der Waals surface area contributed by atoms with Gasteiger partial charge in [-0.25, -0.2) is 4.98 Å². The van der Waals surface area contributed by atoms with E-state index in [0.717, 1.165) is 36.0 Å². The molecule has 2 aromatic heterocycles. The van der Waals surface area contributed by atoms with Gasteiger partial charge in [0.05, 0.1) is 11.7 Å². The summed E-state index contributed by atoms with van der Waals surface area (Å²) in [5.74, 6) is 1.18. The van der Waals surface area contributed by atoms with Gasteiger partial charge in [-0.1, -0.05) is 26.2 Å². The normalized spacial score (nSPS) is 20.9. The lowest BCUT2D eigenvalue weighted by molar-refractivity contribution is -0.121. The van der Waals surface area contributed by atoms with Crippen LogP contribution in [0.4, 0.5) is 0 Å². The molecule has 0 radical (unpaired) electrons. The van der Waals surface area contributed by atoms with Crippen LogP contribution >= 0.6 is 11.3 Å². The van der Waals surface area contributed by atoms with E-state index < -0.39 is 0 Å². The van der Waals surface area contributed by atoms with Crippen molar-refractivity contribution in [1.29, 1.82) is 0 Å². The number of nitrogens with zero attached hydrogens (tertiary/aromatic N) is 2. The maximum absolute atomic E-state index is 12.9. The predicted octanol–water partition coefficient (Wildman–Crippen LogP) is 3.28. The molecule has 0 aliphatic heterocycles. The molecule has 1 amide bonds. The molecule has 5 nitrogen and oxygen atoms in total. The summed E-state index contributed by atoms with van der Waals surface area (Å²) < 4.78 is 1.48. The fraction of sp³-hybridized carbons (Fsp3) is 0.650. The quantitative estimate of drug-likeness (QED) is 0.894. The minimum absolute atomic E-state index is 0.0603. The zero-order valence-electron chi connectivity index (χ0n) is 15.4. The molecule has 4 rings (SSSR count). The van der Waals surface area contributed by atoms with Crippen LogP contribution in [0.1, 0.15) is 55.9 Å². The average Bonchev–Trinajstić information content (AvgIpc) is 3.01. The molecule has 0 saturated heterocycles. The third kappa shape index (κ3) is 3.56. The van der Waals surface area contributed by atoms with Gasteiger partial charge in [-0.05, 0) is 49.5 Å². The maximum Gasteiger partial charge on any atom is 0.262 e. The minimum atomic E-state index is -0.0865. The fourth-order valence-corrected chi connectivity index (χ4v) is 5.68. The molecule has 0 unspecified atom stereocenters. The van der Waals surface area contributed by atoms with Crippen LogP contribution in [-0.4, -0.2) is 22.0 Å². The number of rotatable bonds is 4. The number of nitrogens with one attached hydrogen (secondary N) is 1. The molecule has 2 aromatic rings. The largest absolute Gasteiger partial charge is 0.354 e. The van der Waals surface area contributed by atoms with E-state index in [1.807, 2.05) is 0 Å². The van der Waals surface area contributed by atoms with Crippen molar-refractivity contribution in [2.24, 2.45) is 11.8 Å². The topological polar surface area (TPSA) is 64.0 Å². The molecular formula is C20H27N3O2S. The molecule has 2 aliphatic carbocycles. The highest BCUT2D eigenvalue weighted by Gasteiger charge is 2.23. The summed E-state index contributed by atoms with van der Waals surface area (Å²) >= 11 is 1.65. The van der Waals surface area contributed by atoms with Crippen molar-refractivity contribution in [1.82, 2.24) is 14.9 Å². The van der Waals surface area contributed by atoms with Crippen LogP contribution in [0.25, 0.3) is 10.2 Å². The highest BCUT2D eigenvalue weighted by atomic mass is 32.1. The SMILES string of the molecule is C[C@H]1CCc2c(sc3ncn(CC(=O)NCC4CCCCC4)c(=O)c23)C1. The second kappa shape index (κ2) is 7.51. The second-order valence-electron chi connectivity index (χ2n) is 8.02. The van der Waals surface area contributed by atoms with Gasteiger partial charge in [0.2, 0.25) is 5.91 Å². The van der Waals surface area contributed by atoms with Gasteiger partial charge in [0, 0.05) is 11.4 Å². The fourth-order valence-electron chi connectivity index (χ4n) is 4.34. The minimum Gasteiger partial charge on any atom is -0.354 e. The van der Waals surface area contributed by atoms with E-state index >= 15 is 0 Å². The number of fused-ring (bicyclic) bond motifs is 3. The lowest BCUT2D eigenvalue weighted by Crippen LogP contribution is -2.35. The van der Waals surface area contributed by atoms with Gasteiger partial charge in [-0.15, -0.1) is 11.3 Å². The molecule has 1 fully saturated rings. The Balaban J connectivity index is 1.49. The molecule has 1 saturated carbocycles. The number of thiophene rings is 1. The monoisotopic (exact) mass is 373 g/mol. The van der Waals surface area contributed by atoms with Crippen LogP contribution in [0.2, 0.25) is 0 Å². The maximum atomic E-state index is 12.9. The first-order valence-electron chi connectivity index (χ1n) is 9.88. The molecule has 1 atom stereocenters. The summed E-state index contributed by atoms with van der Waals surface area (Å²) in [5, 5.41) is 3.76. The Morgan fingerprint density at radius 1 is 1.31 bits per heavy atom. The van der Waals surface area contributed by atoms with E-state index in [0.29, 0.717) is 11.8 Å². The lowest BCUT2D eigenvalue weighted by Gasteiger charge is -2.21. The Morgan fingerprint density at radius 3 is 2.92 bits per heavy atom. The Bertz CT molecular complexity index is 864. The molecule has 0 spiro atoms. The third-order valence-electron chi connectivity index (χ3n) is 5.91. The Morgan fingerprint density at radius 2 is 2.12 bits per heavy atom. The van der Waals surface area contributed by atoms with Crippen molar-refractivity contribution in [3.63, 3.8) is 0 Å². The summed E-state index contributed by atoms with van der Waals surface area (Å²) in [5.41, 5.74) is 1.12. The number of aromatic nitrogens is 2. The third-order valence-corrected chi connectivity index (χ3v) is 7.07. The van der Waals surface area contributed by atoms with Crippen LogP contribution in [0.3, 0.4) is 0 Å². The van der Waals surface area contributed by atoms with Gasteiger partial charge in [0.1, 0.15) is 11.4 Å². The molecule has 6 heteroatoms. The van der Waals surface area contributed by atoms with Crippen LogP contribution < -0.4 is 10.9 Å². The van der Waals surface area contributed by atoms with Crippen molar-refractivity contribution in [3.05, 3.63) is 27.1 Å². The standard InChI is InChI=1S/C20H27N3O2S/c1-13-7-8-15-16(9-13)26-19-18(15)20(25)23(12-22-19)11-17(24)21-10-14-5-3-2-4-6-14/h12-14H,2-11H2,1H3,(H,21,24)/t13-/m0/s1. The van der Waals surface area contributed by atoms with Gasteiger partial charge in [-0.3, -0.25) is 14.2 Å². The summed E-state index contributed by atoms with van der Waals surface area (Å²) in [6.07, 6.45) is 10.9. The van der Waals surface area contributed by atoms with Crippen LogP contribution in [-0.2, 0) is 24.2 Å². The highest BCUT2D eigenvalue weighted by Crippen LogP contribution is 2.35. The number of hydrogen-bond donors (Lipinski definition) is 1. The van der Waals surface area contributed by atoms with Crippen LogP contribution in [0.15, 0.2) is 11.1 Å². The highest BCUT2D eigenvalue weighted by molar-refractivity contribution is 7.18. The van der Waals surface area contributed by atoms with E-state index in [1.54, 1.807) is 11.3 Å². The van der Waals surface area contributed by atoms with Crippen molar-refractivity contribution in [3.8, 4) is 0 Å². The number of amides is 1. The van der Waals surface area contributed by atoms with E-state index in [-0.39, 0.29) is 18.0 Å². The smallest absolute Gasteiger partial charge is 0.262 e. The van der Waals surface area contributed by atoms with Crippen molar-refractivity contribution >= 4 is 27.5 Å². The Labute approximate surface area is 157 Å². The summed E-state index contributed by atoms with van der Waals surface area (Å²) in [6, 6.07) is 0. The zero-order valence-corrected chi connectivity index (χ0v) is 16.2. The molecule has 0 aromatic carbocycles. The van der Waals surface area contributed by atoms with Gasteiger partial charge in [0.15, 0.2) is 0 Å². The Kier molecular flexibility index (Phi) is 5.11. The van der Waals surface area contributed by atoms with Gasteiger partial charge < -0.3 is 5.32 Å². The van der Waals surface area contributed by atoms with Gasteiger partial charge in [0.25, 0.3) is 5.56 Å². The van der Waals surface area contributed by atoms with E-state index in [9.17, 15) is 9.59 Å². The van der Waals surface area contributed by atoms with Crippen molar-refractivity contribution in [2.45, 2.75) is 64.8 Å². The summed E-state index contributed by atoms with van der Waals surface area (Å²) in [7, 11) is 0. The van der Waals surface area contributed by atoms with E-state index in [2.05, 4.69) is 17.2 Å². The van der Waals surface area contributed by atoms with E-state index in [1.165, 1.54) is 53.4 Å². The lowest BCUT2D eigenvalue weighted by atomic mass is 9.89. The van der Waals surface area contributed by atoms with Crippen LogP contribution in [0, 0.1) is 11.8 Å². The average molecular weight is 374 g/mol. The number of aryl methyl sites for hydroxylation is 1. The second-order valence-corrected chi connectivity index (χ2v) is 9.10. The van der Waals surface area contributed by atoms with Crippen molar-refractivity contribution < 1.29 is 4.79 Å². The first-order valence-corrected chi connectivity index (χ1v) is 10.7.